The normalized spacial score (nSPS) is 12.8. The van der Waals surface area contributed by atoms with Gasteiger partial charge < -0.3 is 10.4 Å². The van der Waals surface area contributed by atoms with E-state index < -0.39 is 5.97 Å². The second kappa shape index (κ2) is 11.7. The Labute approximate surface area is 225 Å². The minimum atomic E-state index is -0.821. The lowest BCUT2D eigenvalue weighted by Gasteiger charge is -2.15. The smallest absolute Gasteiger partial charge is 0.303 e. The Morgan fingerprint density at radius 3 is 2.19 bits per heavy atom. The molecule has 8 heteroatoms. The Morgan fingerprint density at radius 2 is 1.54 bits per heavy atom. The van der Waals surface area contributed by atoms with E-state index in [0.29, 0.717) is 39.5 Å². The number of rotatable bonds is 9. The van der Waals surface area contributed by atoms with Crippen molar-refractivity contribution < 1.29 is 14.7 Å². The van der Waals surface area contributed by atoms with Crippen LogP contribution in [0.3, 0.4) is 0 Å². The van der Waals surface area contributed by atoms with Gasteiger partial charge >= 0.3 is 5.97 Å². The third kappa shape index (κ3) is 6.85. The number of benzene rings is 3. The van der Waals surface area contributed by atoms with Crippen LogP contribution in [0.5, 0.6) is 0 Å². The van der Waals surface area contributed by atoms with Crippen molar-refractivity contribution in [2.45, 2.75) is 39.2 Å². The van der Waals surface area contributed by atoms with E-state index in [-0.39, 0.29) is 24.3 Å². The number of aryl methyl sites for hydroxylation is 1. The molecule has 1 amide bonds. The number of carbonyl (C=O) groups is 2. The van der Waals surface area contributed by atoms with E-state index in [1.54, 1.807) is 42.5 Å². The summed E-state index contributed by atoms with van der Waals surface area (Å²) in [6.45, 7) is 3.83. The molecule has 3 aromatic carbocycles. The Bertz CT molecular complexity index is 1420. The van der Waals surface area contributed by atoms with E-state index in [2.05, 4.69) is 5.32 Å². The number of halogens is 2. The number of carboxylic acid groups (broad SMARTS) is 1. The van der Waals surface area contributed by atoms with Crippen LogP contribution < -0.4 is 5.32 Å². The summed E-state index contributed by atoms with van der Waals surface area (Å²) >= 11 is 12.1. The number of nitrogens with zero attached hydrogens (tertiary/aromatic N) is 2. The first-order valence-corrected chi connectivity index (χ1v) is 12.8. The molecule has 0 saturated heterocycles. The molecule has 0 radical (unpaired) electrons. The van der Waals surface area contributed by atoms with Gasteiger partial charge in [-0.25, -0.2) is 9.97 Å². The maximum Gasteiger partial charge on any atom is 0.303 e. The number of hydrogen-bond acceptors (Lipinski definition) is 4. The number of aliphatic carboxylic acids is 1. The summed E-state index contributed by atoms with van der Waals surface area (Å²) < 4.78 is 0. The van der Waals surface area contributed by atoms with E-state index in [4.69, 9.17) is 38.3 Å². The van der Waals surface area contributed by atoms with E-state index in [9.17, 15) is 9.59 Å². The van der Waals surface area contributed by atoms with Gasteiger partial charge in [-0.1, -0.05) is 54.4 Å². The number of nitrogens with one attached hydrogen (secondary N) is 1. The molecule has 37 heavy (non-hydrogen) atoms. The van der Waals surface area contributed by atoms with Crippen LogP contribution in [0.25, 0.3) is 22.3 Å². The van der Waals surface area contributed by atoms with Crippen molar-refractivity contribution in [2.24, 2.45) is 5.92 Å². The van der Waals surface area contributed by atoms with Crippen molar-refractivity contribution in [3.05, 3.63) is 93.6 Å². The molecule has 0 bridgehead atoms. The molecule has 0 aliphatic heterocycles. The Kier molecular flexibility index (Phi) is 8.41. The molecule has 2 atom stereocenters. The number of amides is 1. The first-order chi connectivity index (χ1) is 17.7. The molecule has 2 N–H and O–H groups in total. The minimum Gasteiger partial charge on any atom is -0.481 e. The molecular weight excluding hydrogens is 509 g/mol. The van der Waals surface area contributed by atoms with E-state index in [0.717, 1.165) is 22.5 Å². The van der Waals surface area contributed by atoms with Crippen molar-refractivity contribution in [1.82, 2.24) is 15.3 Å². The SMILES string of the molecule is CC(CCc1nc2cc(C(=O)N[C@H](C)c3ccc(Cl)cc3)ccc2nc1-c1ccc(Cl)cc1)CC(=O)O. The third-order valence-corrected chi connectivity index (χ3v) is 6.73. The topological polar surface area (TPSA) is 92.2 Å². The van der Waals surface area contributed by atoms with Gasteiger partial charge in [-0.15, -0.1) is 0 Å². The summed E-state index contributed by atoms with van der Waals surface area (Å²) in [4.78, 5) is 33.9. The van der Waals surface area contributed by atoms with Crippen LogP contribution >= 0.6 is 23.2 Å². The van der Waals surface area contributed by atoms with Gasteiger partial charge in [0, 0.05) is 27.6 Å². The fourth-order valence-electron chi connectivity index (χ4n) is 4.14. The van der Waals surface area contributed by atoms with Crippen LogP contribution in [0.1, 0.15) is 54.3 Å². The maximum absolute atomic E-state index is 13.0. The zero-order chi connectivity index (χ0) is 26.5. The molecule has 0 fully saturated rings. The highest BCUT2D eigenvalue weighted by atomic mass is 35.5. The summed E-state index contributed by atoms with van der Waals surface area (Å²) in [6.07, 6.45) is 1.29. The Morgan fingerprint density at radius 1 is 0.892 bits per heavy atom. The minimum absolute atomic E-state index is 0.0143. The molecule has 1 aromatic heterocycles. The van der Waals surface area contributed by atoms with Crippen LogP contribution in [0.2, 0.25) is 10.0 Å². The summed E-state index contributed by atoms with van der Waals surface area (Å²) in [6, 6.07) is 19.8. The molecule has 1 heterocycles. The second-order valence-corrected chi connectivity index (χ2v) is 10.1. The predicted molar refractivity (Wildman–Crippen MR) is 147 cm³/mol. The largest absolute Gasteiger partial charge is 0.481 e. The van der Waals surface area contributed by atoms with Crippen LogP contribution in [-0.2, 0) is 11.2 Å². The fourth-order valence-corrected chi connectivity index (χ4v) is 4.40. The molecular formula is C29H27Cl2N3O3. The third-order valence-electron chi connectivity index (χ3n) is 6.23. The highest BCUT2D eigenvalue weighted by Crippen LogP contribution is 2.27. The molecule has 0 aliphatic carbocycles. The first kappa shape index (κ1) is 26.6. The van der Waals surface area contributed by atoms with Crippen LogP contribution in [0, 0.1) is 5.92 Å². The number of carbonyl (C=O) groups excluding carboxylic acids is 1. The predicted octanol–water partition coefficient (Wildman–Crippen LogP) is 7.14. The molecule has 0 saturated carbocycles. The molecule has 1 unspecified atom stereocenters. The van der Waals surface area contributed by atoms with Gasteiger partial charge in [0.25, 0.3) is 5.91 Å². The molecule has 4 aromatic rings. The average Bonchev–Trinajstić information content (AvgIpc) is 2.87. The van der Waals surface area contributed by atoms with Crippen LogP contribution in [-0.4, -0.2) is 27.0 Å². The van der Waals surface area contributed by atoms with Crippen LogP contribution in [0.15, 0.2) is 66.7 Å². The summed E-state index contributed by atoms with van der Waals surface area (Å²) in [5, 5.41) is 13.4. The summed E-state index contributed by atoms with van der Waals surface area (Å²) in [5.41, 5.74) is 5.04. The number of aromatic nitrogens is 2. The fraction of sp³-hybridized carbons (Fsp3) is 0.241. The first-order valence-electron chi connectivity index (χ1n) is 12.0. The van der Waals surface area contributed by atoms with Crippen molar-refractivity contribution in [1.29, 1.82) is 0 Å². The molecule has 6 nitrogen and oxygen atoms in total. The molecule has 0 aliphatic rings. The quantitative estimate of drug-likeness (QED) is 0.237. The van der Waals surface area contributed by atoms with E-state index in [1.807, 2.05) is 38.1 Å². The van der Waals surface area contributed by atoms with Gasteiger partial charge in [0.1, 0.15) is 0 Å². The Balaban J connectivity index is 1.64. The van der Waals surface area contributed by atoms with Gasteiger partial charge in [-0.2, -0.15) is 0 Å². The lowest BCUT2D eigenvalue weighted by atomic mass is 9.98. The van der Waals surface area contributed by atoms with Gasteiger partial charge in [0.15, 0.2) is 0 Å². The standard InChI is InChI=1S/C29H27Cl2N3O3/c1-17(15-27(35)36)3-13-25-28(20-6-11-23(31)12-7-20)34-24-14-8-21(16-26(24)33-25)29(37)32-18(2)19-4-9-22(30)10-5-19/h4-12,14,16-18H,3,13,15H2,1-2H3,(H,32,37)(H,35,36)/t17?,18-/m1/s1. The van der Waals surface area contributed by atoms with Crippen molar-refractivity contribution >= 4 is 46.1 Å². The maximum atomic E-state index is 13.0. The zero-order valence-corrected chi connectivity index (χ0v) is 22.1. The van der Waals surface area contributed by atoms with Gasteiger partial charge in [-0.3, -0.25) is 9.59 Å². The zero-order valence-electron chi connectivity index (χ0n) is 20.5. The lowest BCUT2D eigenvalue weighted by Crippen LogP contribution is -2.26. The number of fused-ring (bicyclic) bond motifs is 1. The van der Waals surface area contributed by atoms with Gasteiger partial charge in [0.05, 0.1) is 28.5 Å². The monoisotopic (exact) mass is 535 g/mol. The van der Waals surface area contributed by atoms with Gasteiger partial charge in [-0.05, 0) is 73.7 Å². The second-order valence-electron chi connectivity index (χ2n) is 9.22. The highest BCUT2D eigenvalue weighted by Gasteiger charge is 2.17. The highest BCUT2D eigenvalue weighted by molar-refractivity contribution is 6.30. The van der Waals surface area contributed by atoms with E-state index >= 15 is 0 Å². The van der Waals surface area contributed by atoms with E-state index in [1.165, 1.54) is 0 Å². The molecule has 4 rings (SSSR count). The summed E-state index contributed by atoms with van der Waals surface area (Å²) in [7, 11) is 0. The van der Waals surface area contributed by atoms with Crippen LogP contribution in [0.4, 0.5) is 0 Å². The Hall–Kier alpha value is -3.48. The average molecular weight is 536 g/mol. The molecule has 190 valence electrons. The van der Waals surface area contributed by atoms with Crippen molar-refractivity contribution in [3.8, 4) is 11.3 Å². The van der Waals surface area contributed by atoms with Gasteiger partial charge in [0.2, 0.25) is 0 Å². The molecule has 0 spiro atoms. The number of hydrogen-bond donors (Lipinski definition) is 2. The number of carboxylic acids is 1. The van der Waals surface area contributed by atoms with Crippen molar-refractivity contribution in [3.63, 3.8) is 0 Å². The summed E-state index contributed by atoms with van der Waals surface area (Å²) in [5.74, 6) is -1.05. The van der Waals surface area contributed by atoms with Crippen molar-refractivity contribution in [2.75, 3.05) is 0 Å². The lowest BCUT2D eigenvalue weighted by molar-refractivity contribution is -0.138.